The Bertz CT molecular complexity index is 544. The quantitative estimate of drug-likeness (QED) is 0.881. The number of imidazole rings is 1. The minimum Gasteiger partial charge on any atom is -0.497 e. The van der Waals surface area contributed by atoms with Gasteiger partial charge < -0.3 is 14.4 Å². The monoisotopic (exact) mass is 274 g/mol. The molecule has 0 saturated heterocycles. The molecule has 1 heterocycles. The van der Waals surface area contributed by atoms with Crippen LogP contribution in [0.3, 0.4) is 0 Å². The van der Waals surface area contributed by atoms with E-state index in [1.165, 1.54) is 0 Å². The van der Waals surface area contributed by atoms with Crippen LogP contribution < -0.4 is 4.74 Å². The summed E-state index contributed by atoms with van der Waals surface area (Å²) in [4.78, 5) is 4.32. The lowest BCUT2D eigenvalue weighted by Gasteiger charge is -2.24. The molecule has 0 aliphatic heterocycles. The van der Waals surface area contributed by atoms with Gasteiger partial charge in [0.05, 0.1) is 7.11 Å². The fraction of sp³-hybridized carbons (Fsp3) is 0.438. The zero-order valence-electron chi connectivity index (χ0n) is 12.3. The summed E-state index contributed by atoms with van der Waals surface area (Å²) < 4.78 is 7.16. The SMILES string of the molecule is CCCn1ccnc1C(C)(O)Cc1ccc(OC)cc1. The number of methoxy groups -OCH3 is 1. The molecule has 0 amide bonds. The molecule has 1 N–H and O–H groups in total. The number of aromatic nitrogens is 2. The van der Waals surface area contributed by atoms with Gasteiger partial charge in [-0.25, -0.2) is 4.98 Å². The van der Waals surface area contributed by atoms with Crippen LogP contribution in [0.2, 0.25) is 0 Å². The lowest BCUT2D eigenvalue weighted by Crippen LogP contribution is -2.28. The number of ether oxygens (including phenoxy) is 1. The first-order chi connectivity index (χ1) is 9.56. The Hall–Kier alpha value is -1.81. The predicted molar refractivity (Wildman–Crippen MR) is 78.8 cm³/mol. The second kappa shape index (κ2) is 6.09. The molecule has 0 bridgehead atoms. The second-order valence-corrected chi connectivity index (χ2v) is 5.24. The lowest BCUT2D eigenvalue weighted by atomic mass is 9.95. The van der Waals surface area contributed by atoms with Crippen LogP contribution in [0.5, 0.6) is 5.75 Å². The van der Waals surface area contributed by atoms with Crippen molar-refractivity contribution in [1.29, 1.82) is 0 Å². The van der Waals surface area contributed by atoms with Gasteiger partial charge >= 0.3 is 0 Å². The summed E-state index contributed by atoms with van der Waals surface area (Å²) in [7, 11) is 1.65. The molecule has 0 aliphatic rings. The zero-order chi connectivity index (χ0) is 14.6. The number of aryl methyl sites for hydroxylation is 1. The summed E-state index contributed by atoms with van der Waals surface area (Å²) in [6.45, 7) is 4.79. The molecule has 0 spiro atoms. The number of aliphatic hydroxyl groups is 1. The number of hydrogen-bond acceptors (Lipinski definition) is 3. The van der Waals surface area contributed by atoms with E-state index in [-0.39, 0.29) is 0 Å². The fourth-order valence-corrected chi connectivity index (χ4v) is 2.42. The molecule has 1 aromatic heterocycles. The number of nitrogens with zero attached hydrogens (tertiary/aromatic N) is 2. The van der Waals surface area contributed by atoms with Crippen LogP contribution in [0.4, 0.5) is 0 Å². The molecule has 108 valence electrons. The van der Waals surface area contributed by atoms with Crippen molar-refractivity contribution in [1.82, 2.24) is 9.55 Å². The van der Waals surface area contributed by atoms with Gasteiger partial charge in [0.2, 0.25) is 0 Å². The van der Waals surface area contributed by atoms with Gasteiger partial charge in [0.15, 0.2) is 0 Å². The van der Waals surface area contributed by atoms with E-state index < -0.39 is 5.60 Å². The first kappa shape index (κ1) is 14.6. The van der Waals surface area contributed by atoms with E-state index in [1.807, 2.05) is 42.0 Å². The zero-order valence-corrected chi connectivity index (χ0v) is 12.3. The summed E-state index contributed by atoms with van der Waals surface area (Å²) in [5, 5.41) is 10.7. The van der Waals surface area contributed by atoms with Gasteiger partial charge in [0, 0.05) is 25.4 Å². The van der Waals surface area contributed by atoms with E-state index in [9.17, 15) is 5.11 Å². The molecule has 0 saturated carbocycles. The third-order valence-corrected chi connectivity index (χ3v) is 3.37. The van der Waals surface area contributed by atoms with Gasteiger partial charge in [-0.3, -0.25) is 0 Å². The third-order valence-electron chi connectivity index (χ3n) is 3.37. The van der Waals surface area contributed by atoms with Crippen LogP contribution in [-0.4, -0.2) is 21.8 Å². The Morgan fingerprint density at radius 3 is 2.60 bits per heavy atom. The molecule has 1 atom stereocenters. The molecule has 2 aromatic rings. The Kier molecular flexibility index (Phi) is 4.45. The van der Waals surface area contributed by atoms with E-state index in [0.29, 0.717) is 6.42 Å². The molecular formula is C16H22N2O2. The normalized spacial score (nSPS) is 14.0. The van der Waals surface area contributed by atoms with Gasteiger partial charge in [0.25, 0.3) is 0 Å². The average Bonchev–Trinajstić information content (AvgIpc) is 2.89. The van der Waals surface area contributed by atoms with E-state index in [0.717, 1.165) is 30.1 Å². The standard InChI is InChI=1S/C16H22N2O2/c1-4-10-18-11-9-17-15(18)16(2,19)12-13-5-7-14(20-3)8-6-13/h5-9,11,19H,4,10,12H2,1-3H3. The molecular weight excluding hydrogens is 252 g/mol. The van der Waals surface area contributed by atoms with Crippen molar-refractivity contribution in [2.75, 3.05) is 7.11 Å². The number of hydrogen-bond donors (Lipinski definition) is 1. The highest BCUT2D eigenvalue weighted by Crippen LogP contribution is 2.25. The Morgan fingerprint density at radius 2 is 2.00 bits per heavy atom. The van der Waals surface area contributed by atoms with Crippen LogP contribution in [0, 0.1) is 0 Å². The Morgan fingerprint density at radius 1 is 1.30 bits per heavy atom. The molecule has 4 nitrogen and oxygen atoms in total. The highest BCUT2D eigenvalue weighted by atomic mass is 16.5. The van der Waals surface area contributed by atoms with Crippen molar-refractivity contribution in [3.8, 4) is 5.75 Å². The van der Waals surface area contributed by atoms with Crippen LogP contribution in [0.15, 0.2) is 36.7 Å². The van der Waals surface area contributed by atoms with E-state index in [1.54, 1.807) is 13.3 Å². The van der Waals surface area contributed by atoms with Crippen LogP contribution in [0.1, 0.15) is 31.7 Å². The van der Waals surface area contributed by atoms with Gasteiger partial charge in [-0.2, -0.15) is 0 Å². The summed E-state index contributed by atoms with van der Waals surface area (Å²) in [6, 6.07) is 7.76. The predicted octanol–water partition coefficient (Wildman–Crippen LogP) is 2.75. The van der Waals surface area contributed by atoms with Gasteiger partial charge in [-0.1, -0.05) is 19.1 Å². The summed E-state index contributed by atoms with van der Waals surface area (Å²) in [5.74, 6) is 1.54. The van der Waals surface area contributed by atoms with Crippen LogP contribution in [0.25, 0.3) is 0 Å². The maximum atomic E-state index is 10.7. The van der Waals surface area contributed by atoms with Gasteiger partial charge in [-0.05, 0) is 31.0 Å². The van der Waals surface area contributed by atoms with Crippen molar-refractivity contribution in [3.05, 3.63) is 48.0 Å². The van der Waals surface area contributed by atoms with Crippen LogP contribution in [-0.2, 0) is 18.6 Å². The minimum atomic E-state index is -0.979. The maximum absolute atomic E-state index is 10.7. The fourth-order valence-electron chi connectivity index (χ4n) is 2.42. The Labute approximate surface area is 120 Å². The molecule has 2 rings (SSSR count). The molecule has 0 radical (unpaired) electrons. The smallest absolute Gasteiger partial charge is 0.140 e. The largest absolute Gasteiger partial charge is 0.497 e. The summed E-state index contributed by atoms with van der Waals surface area (Å²) in [6.07, 6.45) is 5.20. The summed E-state index contributed by atoms with van der Waals surface area (Å²) >= 11 is 0. The lowest BCUT2D eigenvalue weighted by molar-refractivity contribution is 0.0442. The van der Waals surface area contributed by atoms with Crippen molar-refractivity contribution in [2.24, 2.45) is 0 Å². The Balaban J connectivity index is 2.18. The topological polar surface area (TPSA) is 47.3 Å². The minimum absolute atomic E-state index is 0.526. The highest BCUT2D eigenvalue weighted by Gasteiger charge is 2.28. The average molecular weight is 274 g/mol. The third kappa shape index (κ3) is 3.20. The van der Waals surface area contributed by atoms with E-state index >= 15 is 0 Å². The summed E-state index contributed by atoms with van der Waals surface area (Å²) in [5.41, 5.74) is 0.0784. The molecule has 0 fully saturated rings. The first-order valence-electron chi connectivity index (χ1n) is 6.93. The first-order valence-corrected chi connectivity index (χ1v) is 6.93. The number of benzene rings is 1. The van der Waals surface area contributed by atoms with Crippen molar-refractivity contribution < 1.29 is 9.84 Å². The second-order valence-electron chi connectivity index (χ2n) is 5.24. The maximum Gasteiger partial charge on any atom is 0.140 e. The molecule has 0 aliphatic carbocycles. The van der Waals surface area contributed by atoms with E-state index in [2.05, 4.69) is 11.9 Å². The van der Waals surface area contributed by atoms with Gasteiger partial charge in [0.1, 0.15) is 17.2 Å². The molecule has 20 heavy (non-hydrogen) atoms. The molecule has 4 heteroatoms. The molecule has 1 unspecified atom stereocenters. The highest BCUT2D eigenvalue weighted by molar-refractivity contribution is 5.28. The van der Waals surface area contributed by atoms with Crippen molar-refractivity contribution in [3.63, 3.8) is 0 Å². The molecule has 1 aromatic carbocycles. The number of rotatable bonds is 6. The van der Waals surface area contributed by atoms with Crippen molar-refractivity contribution >= 4 is 0 Å². The van der Waals surface area contributed by atoms with Crippen LogP contribution >= 0.6 is 0 Å². The van der Waals surface area contributed by atoms with Gasteiger partial charge in [-0.15, -0.1) is 0 Å². The van der Waals surface area contributed by atoms with E-state index in [4.69, 9.17) is 4.74 Å². The van der Waals surface area contributed by atoms with Crippen molar-refractivity contribution in [2.45, 2.75) is 38.8 Å².